The summed E-state index contributed by atoms with van der Waals surface area (Å²) in [5.74, 6) is 0.961. The number of rotatable bonds is 0. The average molecular weight is 197 g/mol. The Morgan fingerprint density at radius 2 is 2.83 bits per heavy atom. The molecule has 0 aliphatic carbocycles. The summed E-state index contributed by atoms with van der Waals surface area (Å²) in [6, 6.07) is 0. The van der Waals surface area contributed by atoms with Gasteiger partial charge in [0, 0.05) is 4.08 Å². The number of allylic oxidation sites excluding steroid dienone is 1. The lowest BCUT2D eigenvalue weighted by Crippen LogP contribution is -1.65. The minimum atomic E-state index is -0.0573. The Bertz CT molecular complexity index is 107. The van der Waals surface area contributed by atoms with E-state index in [4.69, 9.17) is 0 Å². The van der Waals surface area contributed by atoms with Gasteiger partial charge in [-0.1, -0.05) is 3.31 Å². The fourth-order valence-corrected chi connectivity index (χ4v) is 1.23. The van der Waals surface area contributed by atoms with Crippen LogP contribution >= 0.6 is 21.0 Å². The lowest BCUT2D eigenvalue weighted by atomic mass is 10.7. The molecule has 0 saturated heterocycles. The van der Waals surface area contributed by atoms with E-state index in [1.165, 1.54) is 0 Å². The van der Waals surface area contributed by atoms with Crippen LogP contribution in [0.4, 0.5) is 0 Å². The molecule has 0 radical (unpaired) electrons. The zero-order valence-corrected chi connectivity index (χ0v) is 5.47. The third-order valence-corrected chi connectivity index (χ3v) is 2.00. The standard InChI is InChI=1S/C3H4INO/c1-3-2-4-5-6-3/h2H,1H3. The molecule has 0 bridgehead atoms. The van der Waals surface area contributed by atoms with E-state index in [1.807, 2.05) is 11.0 Å². The Kier molecular flexibility index (Phi) is 1.19. The molecule has 1 rings (SSSR count). The number of nitrogens with zero attached hydrogens (tertiary/aromatic N) is 1. The van der Waals surface area contributed by atoms with Gasteiger partial charge in [-0.25, -0.2) is 0 Å². The molecule has 0 atom stereocenters. The minimum absolute atomic E-state index is 0.0573. The molecule has 6 heavy (non-hydrogen) atoms. The lowest BCUT2D eigenvalue weighted by Gasteiger charge is -1.81. The van der Waals surface area contributed by atoms with Gasteiger partial charge in [0.15, 0.2) is 0 Å². The first kappa shape index (κ1) is 4.23. The molecule has 3 heteroatoms. The summed E-state index contributed by atoms with van der Waals surface area (Å²) >= 11 is -0.0573. The first-order chi connectivity index (χ1) is 2.89. The van der Waals surface area contributed by atoms with Crippen molar-refractivity contribution in [2.75, 3.05) is 0 Å². The maximum atomic E-state index is 4.69. The van der Waals surface area contributed by atoms with Crippen LogP contribution < -0.4 is 0 Å². The van der Waals surface area contributed by atoms with Crippen LogP contribution in [0.3, 0.4) is 0 Å². The molecule has 0 spiro atoms. The Hall–Kier alpha value is 0.0700. The van der Waals surface area contributed by atoms with E-state index in [0.717, 1.165) is 5.76 Å². The highest BCUT2D eigenvalue weighted by Crippen LogP contribution is 2.17. The van der Waals surface area contributed by atoms with Crippen LogP contribution in [0, 0.1) is 0 Å². The van der Waals surface area contributed by atoms with Crippen molar-refractivity contribution in [2.24, 2.45) is 3.31 Å². The lowest BCUT2D eigenvalue weighted by molar-refractivity contribution is 0.248. The molecule has 0 aromatic carbocycles. The molecule has 34 valence electrons. The molecule has 2 nitrogen and oxygen atoms in total. The van der Waals surface area contributed by atoms with E-state index >= 15 is 0 Å². The van der Waals surface area contributed by atoms with Gasteiger partial charge in [-0.05, 0) is 6.92 Å². The molecule has 0 unspecified atom stereocenters. The van der Waals surface area contributed by atoms with E-state index in [9.17, 15) is 0 Å². The first-order valence-corrected chi connectivity index (χ1v) is 3.77. The molecule has 0 fully saturated rings. The van der Waals surface area contributed by atoms with Crippen molar-refractivity contribution < 1.29 is 4.84 Å². The fraction of sp³-hybridized carbons (Fsp3) is 0.333. The van der Waals surface area contributed by atoms with Gasteiger partial charge >= 0.3 is 0 Å². The van der Waals surface area contributed by atoms with Crippen molar-refractivity contribution in [1.29, 1.82) is 0 Å². The predicted octanol–water partition coefficient (Wildman–Crippen LogP) is 1.95. The van der Waals surface area contributed by atoms with E-state index in [0.29, 0.717) is 0 Å². The second kappa shape index (κ2) is 1.68. The summed E-state index contributed by atoms with van der Waals surface area (Å²) < 4.78 is 5.72. The van der Waals surface area contributed by atoms with Crippen molar-refractivity contribution in [3.05, 3.63) is 9.84 Å². The average Bonchev–Trinajstić information content (AvgIpc) is 1.86. The quantitative estimate of drug-likeness (QED) is 0.543. The van der Waals surface area contributed by atoms with Crippen molar-refractivity contribution in [3.63, 3.8) is 0 Å². The SMILES string of the molecule is CC1=CI=NO1. The normalized spacial score (nSPS) is 18.5. The third kappa shape index (κ3) is 0.767. The zero-order chi connectivity index (χ0) is 4.41. The summed E-state index contributed by atoms with van der Waals surface area (Å²) in [6.07, 6.45) is 0. The van der Waals surface area contributed by atoms with Crippen molar-refractivity contribution in [3.8, 4) is 0 Å². The summed E-state index contributed by atoms with van der Waals surface area (Å²) in [5.41, 5.74) is 0. The molecule has 1 aliphatic rings. The van der Waals surface area contributed by atoms with Gasteiger partial charge < -0.3 is 4.84 Å². The fourth-order valence-electron chi connectivity index (χ4n) is 0.183. The van der Waals surface area contributed by atoms with E-state index in [1.54, 1.807) is 0 Å². The van der Waals surface area contributed by atoms with Gasteiger partial charge in [0.1, 0.15) is 5.76 Å². The van der Waals surface area contributed by atoms with E-state index in [2.05, 4.69) is 8.15 Å². The number of hydrogen-bond acceptors (Lipinski definition) is 2. The van der Waals surface area contributed by atoms with Crippen LogP contribution in [0.2, 0.25) is 0 Å². The maximum absolute atomic E-state index is 4.69. The van der Waals surface area contributed by atoms with Crippen molar-refractivity contribution in [1.82, 2.24) is 0 Å². The highest BCUT2D eigenvalue weighted by Gasteiger charge is 1.89. The summed E-state index contributed by atoms with van der Waals surface area (Å²) in [7, 11) is 0. The Morgan fingerprint density at radius 1 is 2.00 bits per heavy atom. The molecule has 0 N–H and O–H groups in total. The van der Waals surface area contributed by atoms with Gasteiger partial charge in [0.2, 0.25) is 0 Å². The second-order valence-corrected chi connectivity index (χ2v) is 2.55. The summed E-state index contributed by atoms with van der Waals surface area (Å²) in [6.45, 7) is 1.91. The van der Waals surface area contributed by atoms with Crippen LogP contribution in [0.25, 0.3) is 0 Å². The Morgan fingerprint density at radius 3 is 3.00 bits per heavy atom. The van der Waals surface area contributed by atoms with E-state index < -0.39 is 0 Å². The number of hydrogen-bond donors (Lipinski definition) is 0. The van der Waals surface area contributed by atoms with Gasteiger partial charge in [-0.2, -0.15) is 0 Å². The molecule has 0 aromatic heterocycles. The number of halogens is 1. The molecule has 1 heterocycles. The Labute approximate surface area is 46.3 Å². The van der Waals surface area contributed by atoms with Crippen LogP contribution in [0.15, 0.2) is 13.2 Å². The highest BCUT2D eigenvalue weighted by molar-refractivity contribution is 14.2. The van der Waals surface area contributed by atoms with E-state index in [-0.39, 0.29) is 21.0 Å². The molecule has 0 saturated carbocycles. The maximum Gasteiger partial charge on any atom is 0.139 e. The second-order valence-electron chi connectivity index (χ2n) is 0.978. The van der Waals surface area contributed by atoms with Crippen molar-refractivity contribution in [2.45, 2.75) is 6.92 Å². The smallest absolute Gasteiger partial charge is 0.139 e. The Balaban J connectivity index is 2.61. The highest BCUT2D eigenvalue weighted by atomic mass is 127. The molecular weight excluding hydrogens is 193 g/mol. The summed E-state index contributed by atoms with van der Waals surface area (Å²) in [5, 5.41) is 0. The van der Waals surface area contributed by atoms with Crippen LogP contribution in [0.1, 0.15) is 6.92 Å². The molecular formula is C3H4INO. The van der Waals surface area contributed by atoms with Crippen LogP contribution in [-0.4, -0.2) is 0 Å². The van der Waals surface area contributed by atoms with Gasteiger partial charge in [0.05, 0.1) is 21.0 Å². The van der Waals surface area contributed by atoms with Crippen LogP contribution in [0.5, 0.6) is 0 Å². The van der Waals surface area contributed by atoms with Crippen molar-refractivity contribution >= 4 is 21.0 Å². The zero-order valence-electron chi connectivity index (χ0n) is 3.31. The van der Waals surface area contributed by atoms with Crippen LogP contribution in [-0.2, 0) is 4.84 Å². The minimum Gasteiger partial charge on any atom is -0.356 e. The predicted molar refractivity (Wildman–Crippen MR) is 31.3 cm³/mol. The molecule has 0 aromatic rings. The third-order valence-electron chi connectivity index (χ3n) is 0.421. The van der Waals surface area contributed by atoms with Gasteiger partial charge in [0.25, 0.3) is 0 Å². The monoisotopic (exact) mass is 197 g/mol. The first-order valence-electron chi connectivity index (χ1n) is 1.56. The van der Waals surface area contributed by atoms with Gasteiger partial charge in [-0.15, -0.1) is 0 Å². The molecule has 1 aliphatic heterocycles. The topological polar surface area (TPSA) is 21.6 Å². The largest absolute Gasteiger partial charge is 0.356 e. The molecule has 0 amide bonds. The summed E-state index contributed by atoms with van der Waals surface area (Å²) in [4.78, 5) is 4.69. The van der Waals surface area contributed by atoms with Gasteiger partial charge in [-0.3, -0.25) is 0 Å².